The monoisotopic (exact) mass is 285 g/mol. The second-order valence-corrected chi connectivity index (χ2v) is 6.25. The molecule has 2 atom stereocenters. The molecule has 4 nitrogen and oxygen atoms in total. The SMILES string of the molecule is CC(C)c1ccc(-c2cnn([C@H]3CCCC[C@@H]3O)n2)cc1. The lowest BCUT2D eigenvalue weighted by molar-refractivity contribution is 0.0623. The summed E-state index contributed by atoms with van der Waals surface area (Å²) in [7, 11) is 0. The van der Waals surface area contributed by atoms with Gasteiger partial charge >= 0.3 is 0 Å². The van der Waals surface area contributed by atoms with E-state index in [4.69, 9.17) is 0 Å². The number of nitrogens with zero attached hydrogens (tertiary/aromatic N) is 3. The van der Waals surface area contributed by atoms with Crippen molar-refractivity contribution in [2.75, 3.05) is 0 Å². The Morgan fingerprint density at radius 2 is 1.86 bits per heavy atom. The van der Waals surface area contributed by atoms with E-state index in [2.05, 4.69) is 48.3 Å². The molecule has 0 unspecified atom stereocenters. The van der Waals surface area contributed by atoms with Crippen LogP contribution in [-0.4, -0.2) is 26.2 Å². The molecule has 21 heavy (non-hydrogen) atoms. The Kier molecular flexibility index (Phi) is 4.06. The number of rotatable bonds is 3. The fraction of sp³-hybridized carbons (Fsp3) is 0.529. The molecule has 2 aromatic rings. The fourth-order valence-corrected chi connectivity index (χ4v) is 2.97. The van der Waals surface area contributed by atoms with Crippen LogP contribution in [0.1, 0.15) is 57.1 Å². The molecule has 0 bridgehead atoms. The molecule has 4 heteroatoms. The van der Waals surface area contributed by atoms with Crippen LogP contribution in [0, 0.1) is 0 Å². The quantitative estimate of drug-likeness (QED) is 0.938. The lowest BCUT2D eigenvalue weighted by Crippen LogP contribution is -2.29. The van der Waals surface area contributed by atoms with Crippen LogP contribution in [0.15, 0.2) is 30.5 Å². The second-order valence-electron chi connectivity index (χ2n) is 6.25. The van der Waals surface area contributed by atoms with E-state index >= 15 is 0 Å². The summed E-state index contributed by atoms with van der Waals surface area (Å²) in [5, 5.41) is 19.0. The van der Waals surface area contributed by atoms with Gasteiger partial charge in [-0.15, -0.1) is 0 Å². The molecule has 0 radical (unpaired) electrons. The number of aliphatic hydroxyl groups excluding tert-OH is 1. The molecule has 3 rings (SSSR count). The molecule has 1 fully saturated rings. The topological polar surface area (TPSA) is 50.9 Å². The highest BCUT2D eigenvalue weighted by Crippen LogP contribution is 2.28. The van der Waals surface area contributed by atoms with Gasteiger partial charge < -0.3 is 5.11 Å². The van der Waals surface area contributed by atoms with Crippen LogP contribution in [0.25, 0.3) is 11.3 Å². The van der Waals surface area contributed by atoms with Crippen molar-refractivity contribution in [2.45, 2.75) is 57.6 Å². The Balaban J connectivity index is 1.81. The summed E-state index contributed by atoms with van der Waals surface area (Å²) in [5.74, 6) is 0.534. The van der Waals surface area contributed by atoms with Gasteiger partial charge in [0.15, 0.2) is 0 Å². The van der Waals surface area contributed by atoms with Crippen molar-refractivity contribution in [3.05, 3.63) is 36.0 Å². The molecule has 1 saturated carbocycles. The lowest BCUT2D eigenvalue weighted by Gasteiger charge is -2.26. The van der Waals surface area contributed by atoms with E-state index in [0.717, 1.165) is 36.9 Å². The lowest BCUT2D eigenvalue weighted by atomic mass is 9.93. The average Bonchev–Trinajstić information content (AvgIpc) is 2.97. The van der Waals surface area contributed by atoms with E-state index in [9.17, 15) is 5.11 Å². The Bertz CT molecular complexity index is 588. The maximum Gasteiger partial charge on any atom is 0.113 e. The van der Waals surface area contributed by atoms with Gasteiger partial charge in [-0.2, -0.15) is 15.0 Å². The van der Waals surface area contributed by atoms with Gasteiger partial charge in [-0.25, -0.2) is 0 Å². The van der Waals surface area contributed by atoms with Gasteiger partial charge in [0.05, 0.1) is 18.3 Å². The van der Waals surface area contributed by atoms with Crippen LogP contribution in [0.2, 0.25) is 0 Å². The van der Waals surface area contributed by atoms with Crippen LogP contribution in [0.3, 0.4) is 0 Å². The highest BCUT2D eigenvalue weighted by molar-refractivity contribution is 5.58. The van der Waals surface area contributed by atoms with Crippen molar-refractivity contribution in [3.63, 3.8) is 0 Å². The van der Waals surface area contributed by atoms with Crippen LogP contribution in [0.5, 0.6) is 0 Å². The first-order valence-electron chi connectivity index (χ1n) is 7.85. The molecule has 1 N–H and O–H groups in total. The molecule has 0 amide bonds. The number of hydrogen-bond donors (Lipinski definition) is 1. The third-order valence-corrected chi connectivity index (χ3v) is 4.37. The predicted molar refractivity (Wildman–Crippen MR) is 83.1 cm³/mol. The molecule has 0 spiro atoms. The van der Waals surface area contributed by atoms with Gasteiger partial charge in [0.2, 0.25) is 0 Å². The number of aromatic nitrogens is 3. The molecule has 1 aliphatic rings. The van der Waals surface area contributed by atoms with E-state index in [1.165, 1.54) is 5.56 Å². The zero-order valence-corrected chi connectivity index (χ0v) is 12.7. The third-order valence-electron chi connectivity index (χ3n) is 4.37. The van der Waals surface area contributed by atoms with Crippen LogP contribution in [0.4, 0.5) is 0 Å². The van der Waals surface area contributed by atoms with E-state index in [0.29, 0.717) is 5.92 Å². The number of aliphatic hydroxyl groups is 1. The molecule has 1 heterocycles. The number of benzene rings is 1. The van der Waals surface area contributed by atoms with Gasteiger partial charge in [0.1, 0.15) is 5.69 Å². The van der Waals surface area contributed by atoms with Gasteiger partial charge in [0, 0.05) is 5.56 Å². The predicted octanol–water partition coefficient (Wildman–Crippen LogP) is 3.54. The first-order chi connectivity index (χ1) is 10.1. The van der Waals surface area contributed by atoms with E-state index in [1.807, 2.05) is 0 Å². The van der Waals surface area contributed by atoms with Gasteiger partial charge in [0.25, 0.3) is 0 Å². The summed E-state index contributed by atoms with van der Waals surface area (Å²) in [6, 6.07) is 8.52. The van der Waals surface area contributed by atoms with Crippen molar-refractivity contribution in [2.24, 2.45) is 0 Å². The summed E-state index contributed by atoms with van der Waals surface area (Å²) in [6.45, 7) is 4.38. The summed E-state index contributed by atoms with van der Waals surface area (Å²) in [6.07, 6.45) is 5.53. The van der Waals surface area contributed by atoms with E-state index in [1.54, 1.807) is 11.0 Å². The van der Waals surface area contributed by atoms with Crippen LogP contribution >= 0.6 is 0 Å². The summed E-state index contributed by atoms with van der Waals surface area (Å²) < 4.78 is 0. The minimum atomic E-state index is -0.317. The summed E-state index contributed by atoms with van der Waals surface area (Å²) >= 11 is 0. The Morgan fingerprint density at radius 3 is 2.52 bits per heavy atom. The first-order valence-corrected chi connectivity index (χ1v) is 7.85. The van der Waals surface area contributed by atoms with Gasteiger partial charge in [-0.1, -0.05) is 51.0 Å². The maximum absolute atomic E-state index is 10.1. The molecule has 0 aliphatic heterocycles. The zero-order chi connectivity index (χ0) is 14.8. The maximum atomic E-state index is 10.1. The summed E-state index contributed by atoms with van der Waals surface area (Å²) in [5.41, 5.74) is 3.29. The van der Waals surface area contributed by atoms with Crippen molar-refractivity contribution < 1.29 is 5.11 Å². The van der Waals surface area contributed by atoms with Crippen molar-refractivity contribution in [1.82, 2.24) is 15.0 Å². The first kappa shape index (κ1) is 14.3. The highest BCUT2D eigenvalue weighted by Gasteiger charge is 2.26. The third kappa shape index (κ3) is 3.00. The van der Waals surface area contributed by atoms with E-state index in [-0.39, 0.29) is 12.1 Å². The molecule has 112 valence electrons. The second kappa shape index (κ2) is 5.98. The molecular weight excluding hydrogens is 262 g/mol. The fourth-order valence-electron chi connectivity index (χ4n) is 2.97. The average molecular weight is 285 g/mol. The Hall–Kier alpha value is -1.68. The zero-order valence-electron chi connectivity index (χ0n) is 12.7. The van der Waals surface area contributed by atoms with Crippen molar-refractivity contribution in [1.29, 1.82) is 0 Å². The van der Waals surface area contributed by atoms with Gasteiger partial charge in [-0.3, -0.25) is 0 Å². The smallest absolute Gasteiger partial charge is 0.113 e. The summed E-state index contributed by atoms with van der Waals surface area (Å²) in [4.78, 5) is 1.70. The Labute approximate surface area is 125 Å². The number of hydrogen-bond acceptors (Lipinski definition) is 3. The highest BCUT2D eigenvalue weighted by atomic mass is 16.3. The minimum absolute atomic E-state index is 0.0300. The molecular formula is C17H23N3O. The minimum Gasteiger partial charge on any atom is -0.391 e. The molecule has 0 saturated heterocycles. The van der Waals surface area contributed by atoms with Crippen LogP contribution in [-0.2, 0) is 0 Å². The van der Waals surface area contributed by atoms with Crippen molar-refractivity contribution >= 4 is 0 Å². The van der Waals surface area contributed by atoms with Crippen LogP contribution < -0.4 is 0 Å². The molecule has 1 aromatic carbocycles. The van der Waals surface area contributed by atoms with Gasteiger partial charge in [-0.05, 0) is 24.3 Å². The largest absolute Gasteiger partial charge is 0.391 e. The van der Waals surface area contributed by atoms with E-state index < -0.39 is 0 Å². The molecule has 1 aliphatic carbocycles. The Morgan fingerprint density at radius 1 is 1.14 bits per heavy atom. The van der Waals surface area contributed by atoms with Crippen molar-refractivity contribution in [3.8, 4) is 11.3 Å². The normalized spacial score (nSPS) is 22.7. The standard InChI is InChI=1S/C17H23N3O/c1-12(2)13-7-9-14(10-8-13)15-11-18-20(19-15)16-5-3-4-6-17(16)21/h7-12,16-17,21H,3-6H2,1-2H3/t16-,17-/m0/s1. The molecule has 1 aromatic heterocycles.